The van der Waals surface area contributed by atoms with E-state index in [1.54, 1.807) is 14.2 Å². The molecule has 0 saturated heterocycles. The fraction of sp³-hybridized carbons (Fsp3) is 0.379. The first-order valence-corrected chi connectivity index (χ1v) is 14.4. The van der Waals surface area contributed by atoms with Gasteiger partial charge in [-0.25, -0.2) is 0 Å². The number of hydrogen-bond donors (Lipinski definition) is 1. The quantitative estimate of drug-likeness (QED) is 0.135. The summed E-state index contributed by atoms with van der Waals surface area (Å²) in [5.41, 5.74) is 2.40. The van der Waals surface area contributed by atoms with Crippen molar-refractivity contribution in [2.75, 3.05) is 33.2 Å². The maximum atomic E-state index is 9.05. The molecule has 0 amide bonds. The van der Waals surface area contributed by atoms with Crippen molar-refractivity contribution < 1.29 is 19.3 Å². The van der Waals surface area contributed by atoms with Crippen LogP contribution in [0.5, 0.6) is 11.5 Å². The van der Waals surface area contributed by atoms with Gasteiger partial charge in [-0.3, -0.25) is 0 Å². The molecule has 35 heavy (non-hydrogen) atoms. The first-order chi connectivity index (χ1) is 17.2. The molecular formula is C29H36O4S2. The van der Waals surface area contributed by atoms with Crippen molar-refractivity contribution in [2.24, 2.45) is 0 Å². The van der Waals surface area contributed by atoms with E-state index in [2.05, 4.69) is 55.5 Å². The summed E-state index contributed by atoms with van der Waals surface area (Å²) in [5, 5.41) is 9.54. The van der Waals surface area contributed by atoms with Crippen LogP contribution in [-0.2, 0) is 10.3 Å². The van der Waals surface area contributed by atoms with Crippen LogP contribution in [0.3, 0.4) is 0 Å². The SMILES string of the molecule is CCC(CCOC(c1ccccc1)(c1ccc(OC)cc1)c1ccc(OC)cc1)SSCCCO. The Kier molecular flexibility index (Phi) is 11.3. The minimum Gasteiger partial charge on any atom is -0.497 e. The molecule has 0 aliphatic rings. The number of rotatable bonds is 15. The van der Waals surface area contributed by atoms with Gasteiger partial charge in [0, 0.05) is 24.2 Å². The fourth-order valence-corrected chi connectivity index (χ4v) is 6.79. The topological polar surface area (TPSA) is 47.9 Å². The summed E-state index contributed by atoms with van der Waals surface area (Å²) in [5.74, 6) is 2.59. The highest BCUT2D eigenvalue weighted by Gasteiger charge is 2.38. The van der Waals surface area contributed by atoms with Crippen LogP contribution in [0.25, 0.3) is 0 Å². The van der Waals surface area contributed by atoms with Gasteiger partial charge in [-0.2, -0.15) is 0 Å². The van der Waals surface area contributed by atoms with E-state index in [0.29, 0.717) is 11.9 Å². The Balaban J connectivity index is 1.97. The van der Waals surface area contributed by atoms with Gasteiger partial charge in [0.25, 0.3) is 0 Å². The summed E-state index contributed by atoms with van der Waals surface area (Å²) in [6.07, 6.45) is 2.84. The van der Waals surface area contributed by atoms with Crippen LogP contribution in [0.15, 0.2) is 78.9 Å². The number of aliphatic hydroxyl groups is 1. The molecule has 1 atom stereocenters. The molecule has 3 aromatic rings. The minimum atomic E-state index is -0.771. The first-order valence-electron chi connectivity index (χ1n) is 12.1. The van der Waals surface area contributed by atoms with Crippen LogP contribution in [0.2, 0.25) is 0 Å². The zero-order chi connectivity index (χ0) is 24.9. The zero-order valence-electron chi connectivity index (χ0n) is 20.8. The molecule has 1 unspecified atom stereocenters. The van der Waals surface area contributed by atoms with Gasteiger partial charge in [0.1, 0.15) is 17.1 Å². The van der Waals surface area contributed by atoms with Crippen LogP contribution in [-0.4, -0.2) is 43.5 Å². The van der Waals surface area contributed by atoms with Crippen LogP contribution < -0.4 is 9.47 Å². The average Bonchev–Trinajstić information content (AvgIpc) is 2.93. The molecule has 0 aromatic heterocycles. The lowest BCUT2D eigenvalue weighted by Crippen LogP contribution is -2.33. The van der Waals surface area contributed by atoms with Crippen LogP contribution in [0.4, 0.5) is 0 Å². The molecule has 0 heterocycles. The second-order valence-electron chi connectivity index (χ2n) is 8.17. The summed E-state index contributed by atoms with van der Waals surface area (Å²) in [6.45, 7) is 3.08. The lowest BCUT2D eigenvalue weighted by atomic mass is 9.80. The second kappa shape index (κ2) is 14.4. The maximum absolute atomic E-state index is 9.05. The normalized spacial score (nSPS) is 12.3. The highest BCUT2D eigenvalue weighted by Crippen LogP contribution is 2.42. The highest BCUT2D eigenvalue weighted by molar-refractivity contribution is 8.76. The van der Waals surface area contributed by atoms with Gasteiger partial charge in [0.05, 0.1) is 14.2 Å². The summed E-state index contributed by atoms with van der Waals surface area (Å²) in [4.78, 5) is 0. The standard InChI is InChI=1S/C29H36O4S2/c1-4-28(35-34-22-8-20-30)19-21-33-29(23-9-6-5-7-10-23,24-11-15-26(31-2)16-12-24)25-13-17-27(32-3)18-14-25/h5-7,9-18,28,30H,4,8,19-22H2,1-3H3. The van der Waals surface area contributed by atoms with Gasteiger partial charge >= 0.3 is 0 Å². The summed E-state index contributed by atoms with van der Waals surface area (Å²) in [6, 6.07) is 26.7. The molecule has 188 valence electrons. The minimum absolute atomic E-state index is 0.247. The van der Waals surface area contributed by atoms with Gasteiger partial charge in [0.2, 0.25) is 0 Å². The first kappa shape index (κ1) is 27.5. The van der Waals surface area contributed by atoms with Crippen molar-refractivity contribution in [2.45, 2.75) is 37.0 Å². The molecule has 0 fully saturated rings. The maximum Gasteiger partial charge on any atom is 0.143 e. The van der Waals surface area contributed by atoms with Crippen molar-refractivity contribution in [1.29, 1.82) is 0 Å². The van der Waals surface area contributed by atoms with E-state index >= 15 is 0 Å². The Bertz CT molecular complexity index is 930. The Morgan fingerprint density at radius 2 is 1.34 bits per heavy atom. The van der Waals surface area contributed by atoms with E-state index in [4.69, 9.17) is 19.3 Å². The third-order valence-corrected chi connectivity index (χ3v) is 9.13. The molecule has 3 aromatic carbocycles. The molecule has 0 saturated carbocycles. The fourth-order valence-electron chi connectivity index (χ4n) is 4.01. The van der Waals surface area contributed by atoms with Crippen LogP contribution in [0.1, 0.15) is 42.9 Å². The van der Waals surface area contributed by atoms with Gasteiger partial charge in [-0.05, 0) is 60.2 Å². The number of hydrogen-bond acceptors (Lipinski definition) is 6. The molecule has 3 rings (SSSR count). The van der Waals surface area contributed by atoms with Crippen molar-refractivity contribution in [1.82, 2.24) is 0 Å². The zero-order valence-corrected chi connectivity index (χ0v) is 22.4. The van der Waals surface area contributed by atoms with Crippen molar-refractivity contribution in [3.05, 3.63) is 95.6 Å². The smallest absolute Gasteiger partial charge is 0.143 e. The number of benzene rings is 3. The van der Waals surface area contributed by atoms with Gasteiger partial charge in [-0.15, -0.1) is 0 Å². The Morgan fingerprint density at radius 1 is 0.800 bits per heavy atom. The lowest BCUT2D eigenvalue weighted by molar-refractivity contribution is 0.0113. The third kappa shape index (κ3) is 7.20. The molecule has 0 spiro atoms. The van der Waals surface area contributed by atoms with Crippen molar-refractivity contribution in [3.8, 4) is 11.5 Å². The summed E-state index contributed by atoms with van der Waals surface area (Å²) < 4.78 is 17.8. The van der Waals surface area contributed by atoms with E-state index in [9.17, 15) is 0 Å². The molecule has 4 nitrogen and oxygen atoms in total. The molecule has 6 heteroatoms. The Labute approximate surface area is 217 Å². The summed E-state index contributed by atoms with van der Waals surface area (Å²) >= 11 is 0. The largest absolute Gasteiger partial charge is 0.497 e. The number of methoxy groups -OCH3 is 2. The van der Waals surface area contributed by atoms with E-state index in [0.717, 1.165) is 53.2 Å². The van der Waals surface area contributed by atoms with Crippen molar-refractivity contribution >= 4 is 21.6 Å². The number of ether oxygens (including phenoxy) is 3. The van der Waals surface area contributed by atoms with Gasteiger partial charge < -0.3 is 19.3 Å². The molecule has 0 radical (unpaired) electrons. The molecule has 1 N–H and O–H groups in total. The van der Waals surface area contributed by atoms with E-state index in [1.165, 1.54) is 0 Å². The molecule has 0 aliphatic heterocycles. The highest BCUT2D eigenvalue weighted by atomic mass is 33.1. The number of aliphatic hydroxyl groups excluding tert-OH is 1. The predicted octanol–water partition coefficient (Wildman–Crippen LogP) is 6.94. The molecule has 0 bridgehead atoms. The van der Waals surface area contributed by atoms with E-state index < -0.39 is 5.60 Å². The van der Waals surface area contributed by atoms with Crippen LogP contribution in [0, 0.1) is 0 Å². The summed E-state index contributed by atoms with van der Waals surface area (Å²) in [7, 11) is 7.10. The second-order valence-corrected chi connectivity index (χ2v) is 11.0. The Morgan fingerprint density at radius 3 is 1.83 bits per heavy atom. The third-order valence-electron chi connectivity index (χ3n) is 5.98. The monoisotopic (exact) mass is 512 g/mol. The van der Waals surface area contributed by atoms with Crippen molar-refractivity contribution in [3.63, 3.8) is 0 Å². The van der Waals surface area contributed by atoms with Gasteiger partial charge in [-0.1, -0.05) is 83.1 Å². The average molecular weight is 513 g/mol. The Hall–Kier alpha value is -2.12. The van der Waals surface area contributed by atoms with E-state index in [-0.39, 0.29) is 6.61 Å². The van der Waals surface area contributed by atoms with Crippen LogP contribution >= 0.6 is 21.6 Å². The molecule has 0 aliphatic carbocycles. The lowest BCUT2D eigenvalue weighted by Gasteiger charge is -2.36. The van der Waals surface area contributed by atoms with E-state index in [1.807, 2.05) is 51.9 Å². The molecular weight excluding hydrogens is 476 g/mol. The predicted molar refractivity (Wildman–Crippen MR) is 149 cm³/mol. The van der Waals surface area contributed by atoms with Gasteiger partial charge in [0.15, 0.2) is 0 Å².